The minimum atomic E-state index is -0.603. The summed E-state index contributed by atoms with van der Waals surface area (Å²) in [5.41, 5.74) is 2.27. The molecule has 0 saturated carbocycles. The molecule has 12 heteroatoms. The summed E-state index contributed by atoms with van der Waals surface area (Å²) in [6, 6.07) is 12.8. The zero-order valence-electron chi connectivity index (χ0n) is 23.1. The second-order valence-corrected chi connectivity index (χ2v) is 10.6. The molecule has 2 fully saturated rings. The lowest BCUT2D eigenvalue weighted by atomic mass is 10.1. The molecule has 0 spiro atoms. The molecule has 2 amide bonds. The number of aryl methyl sites for hydroxylation is 2. The highest BCUT2D eigenvalue weighted by Gasteiger charge is 2.43. The van der Waals surface area contributed by atoms with E-state index in [-0.39, 0.29) is 18.2 Å². The molecule has 1 atom stereocenters. The third-order valence-corrected chi connectivity index (χ3v) is 8.03. The maximum Gasteiger partial charge on any atom is 0.332 e. The molecule has 1 unspecified atom stereocenters. The topological polar surface area (TPSA) is 106 Å². The SMILES string of the molecule is Cc1ccc(Cn2c(N3CCN(C4CC(=O)N(c5ccc(F)cc5)C4=O)CC3)nc3c2c(=O)n(C)c(=O)n3C)cc1. The van der Waals surface area contributed by atoms with Crippen molar-refractivity contribution in [1.82, 2.24) is 23.6 Å². The molecule has 4 heterocycles. The number of benzene rings is 2. The number of anilines is 2. The first-order valence-corrected chi connectivity index (χ1v) is 13.5. The van der Waals surface area contributed by atoms with Crippen LogP contribution in [0.2, 0.25) is 0 Å². The van der Waals surface area contributed by atoms with E-state index in [4.69, 9.17) is 4.98 Å². The Kier molecular flexibility index (Phi) is 6.57. The van der Waals surface area contributed by atoms with Crippen LogP contribution < -0.4 is 21.0 Å². The number of carbonyl (C=O) groups excluding carboxylic acids is 2. The van der Waals surface area contributed by atoms with Crippen LogP contribution in [0.15, 0.2) is 58.1 Å². The monoisotopic (exact) mass is 559 g/mol. The second-order valence-electron chi connectivity index (χ2n) is 10.6. The summed E-state index contributed by atoms with van der Waals surface area (Å²) < 4.78 is 17.7. The van der Waals surface area contributed by atoms with Gasteiger partial charge in [-0.2, -0.15) is 4.98 Å². The van der Waals surface area contributed by atoms with Gasteiger partial charge in [0.15, 0.2) is 11.2 Å². The maximum absolute atomic E-state index is 13.4. The minimum Gasteiger partial charge on any atom is -0.340 e. The van der Waals surface area contributed by atoms with E-state index >= 15 is 0 Å². The maximum atomic E-state index is 13.4. The Morgan fingerprint density at radius 3 is 2.20 bits per heavy atom. The van der Waals surface area contributed by atoms with E-state index in [1.54, 1.807) is 7.05 Å². The fraction of sp³-hybridized carbons (Fsp3) is 0.345. The minimum absolute atomic E-state index is 0.0559. The van der Waals surface area contributed by atoms with Gasteiger partial charge in [-0.1, -0.05) is 29.8 Å². The van der Waals surface area contributed by atoms with Crippen LogP contribution in [0.4, 0.5) is 16.0 Å². The van der Waals surface area contributed by atoms with Crippen molar-refractivity contribution >= 4 is 34.6 Å². The van der Waals surface area contributed by atoms with E-state index in [0.717, 1.165) is 20.6 Å². The van der Waals surface area contributed by atoms with Crippen molar-refractivity contribution in [2.75, 3.05) is 36.0 Å². The van der Waals surface area contributed by atoms with E-state index in [1.807, 2.05) is 45.6 Å². The van der Waals surface area contributed by atoms with Crippen molar-refractivity contribution < 1.29 is 14.0 Å². The molecule has 41 heavy (non-hydrogen) atoms. The molecule has 2 saturated heterocycles. The number of imidazole rings is 1. The van der Waals surface area contributed by atoms with Crippen LogP contribution in [-0.4, -0.2) is 67.6 Å². The van der Waals surface area contributed by atoms with Crippen molar-refractivity contribution in [3.05, 3.63) is 86.3 Å². The fourth-order valence-electron chi connectivity index (χ4n) is 5.70. The Balaban J connectivity index is 1.29. The normalized spacial score (nSPS) is 18.2. The molecule has 0 aliphatic carbocycles. The predicted octanol–water partition coefficient (Wildman–Crippen LogP) is 1.38. The van der Waals surface area contributed by atoms with Crippen molar-refractivity contribution in [2.45, 2.75) is 25.9 Å². The molecule has 0 radical (unpaired) electrons. The lowest BCUT2D eigenvalue weighted by molar-refractivity contribution is -0.123. The zero-order chi connectivity index (χ0) is 29.0. The van der Waals surface area contributed by atoms with Gasteiger partial charge in [0.25, 0.3) is 11.5 Å². The van der Waals surface area contributed by atoms with E-state index in [0.29, 0.717) is 55.5 Å². The number of hydrogen-bond acceptors (Lipinski definition) is 7. The summed E-state index contributed by atoms with van der Waals surface area (Å²) in [6.07, 6.45) is 0.0559. The van der Waals surface area contributed by atoms with Crippen LogP contribution in [0.25, 0.3) is 11.2 Å². The summed E-state index contributed by atoms with van der Waals surface area (Å²) in [7, 11) is 3.06. The summed E-state index contributed by atoms with van der Waals surface area (Å²) in [5, 5.41) is 0. The van der Waals surface area contributed by atoms with Crippen LogP contribution in [-0.2, 0) is 30.2 Å². The van der Waals surface area contributed by atoms with Crippen molar-refractivity contribution in [3.8, 4) is 0 Å². The molecule has 0 N–H and O–H groups in total. The fourth-order valence-corrected chi connectivity index (χ4v) is 5.70. The van der Waals surface area contributed by atoms with Crippen LogP contribution in [0.3, 0.4) is 0 Å². The van der Waals surface area contributed by atoms with Crippen LogP contribution in [0, 0.1) is 12.7 Å². The Morgan fingerprint density at radius 2 is 1.54 bits per heavy atom. The van der Waals surface area contributed by atoms with Crippen LogP contribution in [0.1, 0.15) is 17.5 Å². The lowest BCUT2D eigenvalue weighted by Crippen LogP contribution is -2.53. The van der Waals surface area contributed by atoms with Gasteiger partial charge in [-0.05, 0) is 36.8 Å². The molecular weight excluding hydrogens is 529 g/mol. The van der Waals surface area contributed by atoms with Crippen LogP contribution >= 0.6 is 0 Å². The number of nitrogens with zero attached hydrogens (tertiary/aromatic N) is 7. The number of fused-ring (bicyclic) bond motifs is 1. The smallest absolute Gasteiger partial charge is 0.332 e. The molecule has 6 rings (SSSR count). The summed E-state index contributed by atoms with van der Waals surface area (Å²) >= 11 is 0. The van der Waals surface area contributed by atoms with E-state index in [2.05, 4.69) is 0 Å². The Hall–Kier alpha value is -4.58. The van der Waals surface area contributed by atoms with Crippen molar-refractivity contribution in [1.29, 1.82) is 0 Å². The van der Waals surface area contributed by atoms with Gasteiger partial charge in [0.05, 0.1) is 24.7 Å². The van der Waals surface area contributed by atoms with Gasteiger partial charge in [0.1, 0.15) is 5.82 Å². The molecule has 11 nitrogen and oxygen atoms in total. The largest absolute Gasteiger partial charge is 0.340 e. The number of hydrogen-bond donors (Lipinski definition) is 0. The summed E-state index contributed by atoms with van der Waals surface area (Å²) in [6.45, 7) is 4.38. The molecule has 4 aromatic rings. The quantitative estimate of drug-likeness (QED) is 0.340. The van der Waals surface area contributed by atoms with E-state index in [1.165, 1.54) is 35.9 Å². The van der Waals surface area contributed by atoms with E-state index in [9.17, 15) is 23.6 Å². The summed E-state index contributed by atoms with van der Waals surface area (Å²) in [5.74, 6) is -0.502. The standard InChI is InChI=1S/C29H30FN7O4/c1-18-4-6-19(7-5-18)17-36-24-25(32(2)29(41)33(3)27(24)40)31-28(36)35-14-12-34(13-15-35)22-16-23(38)37(26(22)39)21-10-8-20(30)9-11-21/h4-11,22H,12-17H2,1-3H3. The van der Waals surface area contributed by atoms with Crippen LogP contribution in [0.5, 0.6) is 0 Å². The Morgan fingerprint density at radius 1 is 0.878 bits per heavy atom. The highest BCUT2D eigenvalue weighted by atomic mass is 19.1. The second kappa shape index (κ2) is 10.1. The number of amides is 2. The average Bonchev–Trinajstić information content (AvgIpc) is 3.49. The molecule has 2 aromatic heterocycles. The van der Waals surface area contributed by atoms with Gasteiger partial charge in [-0.3, -0.25) is 33.0 Å². The first-order chi connectivity index (χ1) is 19.6. The predicted molar refractivity (Wildman–Crippen MR) is 152 cm³/mol. The molecule has 212 valence electrons. The first kappa shape index (κ1) is 26.6. The first-order valence-electron chi connectivity index (χ1n) is 13.5. The Labute approximate surface area is 234 Å². The number of carbonyl (C=O) groups is 2. The molecule has 2 aliphatic rings. The number of aromatic nitrogens is 4. The summed E-state index contributed by atoms with van der Waals surface area (Å²) in [4.78, 5) is 61.9. The van der Waals surface area contributed by atoms with Crippen molar-refractivity contribution in [3.63, 3.8) is 0 Å². The number of rotatable bonds is 5. The highest BCUT2D eigenvalue weighted by Crippen LogP contribution is 2.28. The van der Waals surface area contributed by atoms with Gasteiger partial charge in [0, 0.05) is 40.3 Å². The van der Waals surface area contributed by atoms with Gasteiger partial charge in [-0.15, -0.1) is 0 Å². The highest BCUT2D eigenvalue weighted by molar-refractivity contribution is 6.22. The number of imide groups is 1. The molecule has 2 aromatic carbocycles. The number of halogens is 1. The molecular formula is C29H30FN7O4. The van der Waals surface area contributed by atoms with Gasteiger partial charge < -0.3 is 4.90 Å². The van der Waals surface area contributed by atoms with Gasteiger partial charge >= 0.3 is 5.69 Å². The van der Waals surface area contributed by atoms with Gasteiger partial charge in [0.2, 0.25) is 11.9 Å². The third kappa shape index (κ3) is 4.53. The zero-order valence-corrected chi connectivity index (χ0v) is 23.1. The molecule has 0 bridgehead atoms. The van der Waals surface area contributed by atoms with Gasteiger partial charge in [-0.25, -0.2) is 14.1 Å². The van der Waals surface area contributed by atoms with Crippen molar-refractivity contribution in [2.24, 2.45) is 14.1 Å². The molecule has 2 aliphatic heterocycles. The number of piperazine rings is 1. The Bertz CT molecular complexity index is 1780. The average molecular weight is 560 g/mol. The van der Waals surface area contributed by atoms with E-state index < -0.39 is 23.1 Å². The third-order valence-electron chi connectivity index (χ3n) is 8.03. The lowest BCUT2D eigenvalue weighted by Gasteiger charge is -2.37.